The molecule has 3 heterocycles. The van der Waals surface area contributed by atoms with Gasteiger partial charge in [0, 0.05) is 29.9 Å². The fourth-order valence-corrected chi connectivity index (χ4v) is 4.00. The number of aromatic nitrogens is 1. The Bertz CT molecular complexity index is 679. The standard InChI is InChI=1S/C19H24N4/c20-15-7-4-6-14(12-15)18-16-8-5-9-21-19(16)22-17(18)13-23-10-2-1-3-11-23/h4-9,12,17-18H,1-3,10-11,13,20H2,(H,21,22). The Morgan fingerprint density at radius 3 is 2.83 bits per heavy atom. The molecule has 4 nitrogen and oxygen atoms in total. The summed E-state index contributed by atoms with van der Waals surface area (Å²) in [6.45, 7) is 3.49. The van der Waals surface area contributed by atoms with E-state index >= 15 is 0 Å². The van der Waals surface area contributed by atoms with Gasteiger partial charge in [-0.3, -0.25) is 0 Å². The maximum absolute atomic E-state index is 6.03. The first kappa shape index (κ1) is 14.5. The predicted octanol–water partition coefficient (Wildman–Crippen LogP) is 3.08. The van der Waals surface area contributed by atoms with Gasteiger partial charge in [0.2, 0.25) is 0 Å². The van der Waals surface area contributed by atoms with Crippen LogP contribution in [-0.4, -0.2) is 35.6 Å². The quantitative estimate of drug-likeness (QED) is 0.856. The highest BCUT2D eigenvalue weighted by Gasteiger charge is 2.35. The zero-order valence-electron chi connectivity index (χ0n) is 13.4. The van der Waals surface area contributed by atoms with Crippen molar-refractivity contribution in [3.8, 4) is 0 Å². The van der Waals surface area contributed by atoms with E-state index in [4.69, 9.17) is 5.73 Å². The van der Waals surface area contributed by atoms with Crippen LogP contribution in [-0.2, 0) is 0 Å². The first-order chi connectivity index (χ1) is 11.3. The first-order valence-electron chi connectivity index (χ1n) is 8.60. The lowest BCUT2D eigenvalue weighted by Crippen LogP contribution is -2.40. The molecule has 1 aromatic heterocycles. The summed E-state index contributed by atoms with van der Waals surface area (Å²) >= 11 is 0. The molecule has 0 aliphatic carbocycles. The van der Waals surface area contributed by atoms with Gasteiger partial charge >= 0.3 is 0 Å². The molecule has 2 atom stereocenters. The molecule has 3 N–H and O–H groups in total. The van der Waals surface area contributed by atoms with E-state index in [0.717, 1.165) is 18.1 Å². The third-order valence-electron chi connectivity index (χ3n) is 5.07. The van der Waals surface area contributed by atoms with E-state index in [1.54, 1.807) is 0 Å². The van der Waals surface area contributed by atoms with Crippen LogP contribution in [0.1, 0.15) is 36.3 Å². The van der Waals surface area contributed by atoms with E-state index in [-0.39, 0.29) is 0 Å². The van der Waals surface area contributed by atoms with Gasteiger partial charge < -0.3 is 16.0 Å². The third-order valence-corrected chi connectivity index (χ3v) is 5.07. The van der Waals surface area contributed by atoms with E-state index in [9.17, 15) is 0 Å². The number of hydrogen-bond donors (Lipinski definition) is 2. The fourth-order valence-electron chi connectivity index (χ4n) is 4.00. The minimum absolute atomic E-state index is 0.323. The number of likely N-dealkylation sites (tertiary alicyclic amines) is 1. The summed E-state index contributed by atoms with van der Waals surface area (Å²) in [4.78, 5) is 7.13. The lowest BCUT2D eigenvalue weighted by atomic mass is 9.87. The van der Waals surface area contributed by atoms with Gasteiger partial charge in [-0.2, -0.15) is 0 Å². The molecule has 0 radical (unpaired) electrons. The van der Waals surface area contributed by atoms with Gasteiger partial charge in [0.1, 0.15) is 5.82 Å². The van der Waals surface area contributed by atoms with Crippen LogP contribution in [0.3, 0.4) is 0 Å². The number of fused-ring (bicyclic) bond motifs is 1. The molecule has 4 rings (SSSR count). The van der Waals surface area contributed by atoms with Gasteiger partial charge in [-0.25, -0.2) is 4.98 Å². The number of rotatable bonds is 3. The second kappa shape index (κ2) is 6.20. The van der Waals surface area contributed by atoms with Crippen LogP contribution in [0.25, 0.3) is 0 Å². The van der Waals surface area contributed by atoms with E-state index in [2.05, 4.69) is 39.5 Å². The van der Waals surface area contributed by atoms with Crippen molar-refractivity contribution in [2.45, 2.75) is 31.2 Å². The van der Waals surface area contributed by atoms with E-state index in [0.29, 0.717) is 12.0 Å². The van der Waals surface area contributed by atoms with Crippen LogP contribution in [0.5, 0.6) is 0 Å². The first-order valence-corrected chi connectivity index (χ1v) is 8.60. The maximum atomic E-state index is 6.03. The summed E-state index contributed by atoms with van der Waals surface area (Å²) in [7, 11) is 0. The fraction of sp³-hybridized carbons (Fsp3) is 0.421. The molecule has 1 aromatic carbocycles. The minimum atomic E-state index is 0.323. The molecule has 0 saturated carbocycles. The second-order valence-electron chi connectivity index (χ2n) is 6.70. The molecule has 120 valence electrons. The van der Waals surface area contributed by atoms with Crippen LogP contribution < -0.4 is 11.1 Å². The van der Waals surface area contributed by atoms with Gasteiger partial charge in [-0.1, -0.05) is 24.6 Å². The third kappa shape index (κ3) is 2.91. The molecule has 0 spiro atoms. The zero-order valence-corrected chi connectivity index (χ0v) is 13.4. The highest BCUT2D eigenvalue weighted by atomic mass is 15.2. The number of pyridine rings is 1. The van der Waals surface area contributed by atoms with Crippen molar-refractivity contribution in [3.63, 3.8) is 0 Å². The molecule has 23 heavy (non-hydrogen) atoms. The van der Waals surface area contributed by atoms with E-state index < -0.39 is 0 Å². The highest BCUT2D eigenvalue weighted by Crippen LogP contribution is 2.40. The van der Waals surface area contributed by atoms with Gasteiger partial charge in [-0.15, -0.1) is 0 Å². The summed E-state index contributed by atoms with van der Waals surface area (Å²) in [5.41, 5.74) is 9.43. The Labute approximate surface area is 137 Å². The molecule has 0 bridgehead atoms. The Hall–Kier alpha value is -2.07. The van der Waals surface area contributed by atoms with Gasteiger partial charge in [0.05, 0.1) is 6.04 Å². The predicted molar refractivity (Wildman–Crippen MR) is 94.6 cm³/mol. The van der Waals surface area contributed by atoms with Crippen LogP contribution >= 0.6 is 0 Å². The number of nitrogens with two attached hydrogens (primary N) is 1. The van der Waals surface area contributed by atoms with Crippen molar-refractivity contribution in [1.82, 2.24) is 9.88 Å². The SMILES string of the molecule is Nc1cccc(C2c3cccnc3NC2CN2CCCCC2)c1. The number of nitrogen functional groups attached to an aromatic ring is 1. The second-order valence-corrected chi connectivity index (χ2v) is 6.70. The Morgan fingerprint density at radius 1 is 1.13 bits per heavy atom. The number of piperidine rings is 1. The van der Waals surface area contributed by atoms with Crippen molar-refractivity contribution in [3.05, 3.63) is 53.7 Å². The molecule has 2 aliphatic heterocycles. The molecular formula is C19H24N4. The van der Waals surface area contributed by atoms with E-state index in [1.165, 1.54) is 43.5 Å². The zero-order chi connectivity index (χ0) is 15.6. The molecule has 2 aromatic rings. The molecular weight excluding hydrogens is 284 g/mol. The Morgan fingerprint density at radius 2 is 2.00 bits per heavy atom. The smallest absolute Gasteiger partial charge is 0.130 e. The normalized spacial score (nSPS) is 24.2. The van der Waals surface area contributed by atoms with Gasteiger partial charge in [0.25, 0.3) is 0 Å². The lowest BCUT2D eigenvalue weighted by Gasteiger charge is -2.31. The molecule has 1 fully saturated rings. The van der Waals surface area contributed by atoms with Crippen molar-refractivity contribution in [2.24, 2.45) is 0 Å². The Kier molecular flexibility index (Phi) is 3.92. The summed E-state index contributed by atoms with van der Waals surface area (Å²) in [6, 6.07) is 12.9. The monoisotopic (exact) mass is 308 g/mol. The summed E-state index contributed by atoms with van der Waals surface area (Å²) in [6.07, 6.45) is 5.88. The van der Waals surface area contributed by atoms with Crippen LogP contribution in [0.4, 0.5) is 11.5 Å². The van der Waals surface area contributed by atoms with Crippen LogP contribution in [0.15, 0.2) is 42.6 Å². The number of nitrogens with one attached hydrogen (secondary N) is 1. The number of anilines is 2. The average molecular weight is 308 g/mol. The highest BCUT2D eigenvalue weighted by molar-refractivity contribution is 5.59. The largest absolute Gasteiger partial charge is 0.399 e. The molecule has 4 heteroatoms. The van der Waals surface area contributed by atoms with Crippen molar-refractivity contribution in [2.75, 3.05) is 30.7 Å². The molecule has 2 unspecified atom stereocenters. The van der Waals surface area contributed by atoms with Crippen molar-refractivity contribution >= 4 is 11.5 Å². The summed E-state index contributed by atoms with van der Waals surface area (Å²) < 4.78 is 0. The molecule has 2 aliphatic rings. The minimum Gasteiger partial charge on any atom is -0.399 e. The molecule has 1 saturated heterocycles. The molecule has 0 amide bonds. The number of nitrogens with zero attached hydrogens (tertiary/aromatic N) is 2. The van der Waals surface area contributed by atoms with Crippen LogP contribution in [0.2, 0.25) is 0 Å². The summed E-state index contributed by atoms with van der Waals surface area (Å²) in [5.74, 6) is 1.35. The van der Waals surface area contributed by atoms with Gasteiger partial charge in [-0.05, 0) is 49.7 Å². The lowest BCUT2D eigenvalue weighted by molar-refractivity contribution is 0.217. The Balaban J connectivity index is 1.65. The van der Waals surface area contributed by atoms with Crippen LogP contribution in [0, 0.1) is 0 Å². The number of hydrogen-bond acceptors (Lipinski definition) is 4. The topological polar surface area (TPSA) is 54.2 Å². The summed E-state index contributed by atoms with van der Waals surface area (Å²) in [5, 5.41) is 3.66. The van der Waals surface area contributed by atoms with E-state index in [1.807, 2.05) is 18.3 Å². The van der Waals surface area contributed by atoms with Crippen molar-refractivity contribution < 1.29 is 0 Å². The van der Waals surface area contributed by atoms with Gasteiger partial charge in [0.15, 0.2) is 0 Å². The van der Waals surface area contributed by atoms with Crippen molar-refractivity contribution in [1.29, 1.82) is 0 Å². The number of benzene rings is 1. The average Bonchev–Trinajstić information content (AvgIpc) is 2.93. The maximum Gasteiger partial charge on any atom is 0.130 e.